The molecule has 1 rings (SSSR count). The summed E-state index contributed by atoms with van der Waals surface area (Å²) in [6.45, 7) is 1.05. The van der Waals surface area contributed by atoms with Crippen LogP contribution in [0, 0.1) is 0 Å². The van der Waals surface area contributed by atoms with Gasteiger partial charge in [0.1, 0.15) is 18.2 Å². The number of nitrogens with one attached hydrogen (secondary N) is 1. The molecule has 1 saturated heterocycles. The van der Waals surface area contributed by atoms with Crippen molar-refractivity contribution in [1.29, 1.82) is 0 Å². The maximum atomic E-state index is 10.8. The number of rotatable bonds is 3. The number of aliphatic hydroxyl groups excluding tert-OH is 3. The van der Waals surface area contributed by atoms with Crippen LogP contribution in [0.25, 0.3) is 0 Å². The number of amides is 1. The third-order valence-electron chi connectivity index (χ3n) is 2.50. The highest BCUT2D eigenvalue weighted by molar-refractivity contribution is 5.73. The molecule has 5 N–H and O–H groups in total. The van der Waals surface area contributed by atoms with Crippen molar-refractivity contribution >= 4 is 5.91 Å². The fourth-order valence-corrected chi connectivity index (χ4v) is 1.71. The van der Waals surface area contributed by atoms with Crippen LogP contribution >= 0.6 is 0 Å². The van der Waals surface area contributed by atoms with E-state index in [0.29, 0.717) is 0 Å². The summed E-state index contributed by atoms with van der Waals surface area (Å²) in [5.74, 6) is -0.462. The zero-order chi connectivity index (χ0) is 13.2. The highest BCUT2D eigenvalue weighted by Crippen LogP contribution is 2.20. The predicted octanol–water partition coefficient (Wildman–Crippen LogP) is -2.41. The van der Waals surface area contributed by atoms with E-state index in [9.17, 15) is 20.1 Å². The van der Waals surface area contributed by atoms with E-state index in [2.05, 4.69) is 5.32 Å². The molecule has 1 amide bonds. The Morgan fingerprint density at radius 2 is 1.94 bits per heavy atom. The average Bonchev–Trinajstić information content (AvgIpc) is 2.20. The van der Waals surface area contributed by atoms with Gasteiger partial charge in [0.05, 0.1) is 0 Å². The van der Waals surface area contributed by atoms with Crippen LogP contribution in [-0.2, 0) is 14.0 Å². The molecule has 1 aliphatic rings. The van der Waals surface area contributed by atoms with E-state index in [1.165, 1.54) is 18.6 Å². The van der Waals surface area contributed by atoms with Crippen molar-refractivity contribution in [2.24, 2.45) is 0 Å². The van der Waals surface area contributed by atoms with Gasteiger partial charge in [-0.05, 0) is 0 Å². The van der Waals surface area contributed by atoms with E-state index in [0.717, 1.165) is 0 Å². The van der Waals surface area contributed by atoms with Gasteiger partial charge in [-0.1, -0.05) is 0 Å². The maximum Gasteiger partial charge on any atom is 0.217 e. The van der Waals surface area contributed by atoms with E-state index in [1.54, 1.807) is 0 Å². The lowest BCUT2D eigenvalue weighted by atomic mass is 9.97. The van der Waals surface area contributed by atoms with Gasteiger partial charge >= 0.3 is 0 Å². The number of hydrogen-bond acceptors (Lipinski definition) is 6. The Morgan fingerprint density at radius 1 is 1.35 bits per heavy atom. The Morgan fingerprint density at radius 3 is 2.41 bits per heavy atom. The molecule has 8 heteroatoms. The Hall–Kier alpha value is -0.770. The molecular formula is C9H18NO7+. The summed E-state index contributed by atoms with van der Waals surface area (Å²) < 4.78 is 6.52. The van der Waals surface area contributed by atoms with Crippen molar-refractivity contribution < 1.29 is 34.6 Å². The fraction of sp³-hybridized carbons (Fsp3) is 0.889. The standard InChI is InChI=1S/C9H17NO7/c1-4(11)10-6-8(13)7(12)5(3-17(2)15)16-9(6)14/h5-9,12-15H,3H2,1-2H3/p+1/t5-,6-,7-,8-,9-/m1/s1. The lowest BCUT2D eigenvalue weighted by Crippen LogP contribution is -2.64. The minimum absolute atomic E-state index is 0.165. The monoisotopic (exact) mass is 252 g/mol. The first-order chi connectivity index (χ1) is 7.82. The lowest BCUT2D eigenvalue weighted by Gasteiger charge is -2.39. The second-order valence-corrected chi connectivity index (χ2v) is 4.04. The van der Waals surface area contributed by atoms with Crippen LogP contribution in [0.5, 0.6) is 0 Å². The van der Waals surface area contributed by atoms with Crippen LogP contribution in [-0.4, -0.2) is 70.8 Å². The van der Waals surface area contributed by atoms with Gasteiger partial charge in [0.15, 0.2) is 19.5 Å². The minimum Gasteiger partial charge on any atom is -0.388 e. The molecule has 0 aromatic carbocycles. The Kier molecular flexibility index (Phi) is 4.80. The molecule has 1 fully saturated rings. The summed E-state index contributed by atoms with van der Waals surface area (Å²) in [5.41, 5.74) is 0. The molecule has 0 aliphatic carbocycles. The minimum atomic E-state index is -1.46. The molecule has 100 valence electrons. The zero-order valence-electron chi connectivity index (χ0n) is 9.61. The summed E-state index contributed by atoms with van der Waals surface area (Å²) in [6.07, 6.45) is -5.15. The van der Waals surface area contributed by atoms with E-state index >= 15 is 0 Å². The molecule has 1 aliphatic heterocycles. The molecular weight excluding hydrogens is 234 g/mol. The van der Waals surface area contributed by atoms with Gasteiger partial charge in [0.25, 0.3) is 0 Å². The van der Waals surface area contributed by atoms with Gasteiger partial charge in [0, 0.05) is 6.92 Å². The molecule has 0 unspecified atom stereocenters. The number of ether oxygens (including phenoxy) is 1. The summed E-state index contributed by atoms with van der Waals surface area (Å²) in [5, 5.41) is 40.2. The number of carbonyl (C=O) groups is 1. The summed E-state index contributed by atoms with van der Waals surface area (Å²) in [4.78, 5) is 10.8. The highest BCUT2D eigenvalue weighted by atomic mass is 17.2. The van der Waals surface area contributed by atoms with E-state index in [4.69, 9.17) is 9.99 Å². The lowest BCUT2D eigenvalue weighted by molar-refractivity contribution is -0.426. The Labute approximate surface area is 98.0 Å². The van der Waals surface area contributed by atoms with Crippen LogP contribution in [0.2, 0.25) is 0 Å². The summed E-state index contributed by atoms with van der Waals surface area (Å²) >= 11 is 0. The van der Waals surface area contributed by atoms with Gasteiger partial charge in [-0.25, -0.2) is 4.52 Å². The maximum absolute atomic E-state index is 10.8. The van der Waals surface area contributed by atoms with Crippen molar-refractivity contribution in [3.63, 3.8) is 0 Å². The van der Waals surface area contributed by atoms with Gasteiger partial charge in [-0.2, -0.15) is 0 Å². The van der Waals surface area contributed by atoms with Crippen LogP contribution in [0.4, 0.5) is 0 Å². The molecule has 0 saturated carbocycles. The van der Waals surface area contributed by atoms with Gasteiger partial charge in [-0.15, -0.1) is 5.26 Å². The van der Waals surface area contributed by atoms with Crippen molar-refractivity contribution in [3.8, 4) is 0 Å². The first-order valence-corrected chi connectivity index (χ1v) is 5.11. The quantitative estimate of drug-likeness (QED) is 0.216. The molecule has 0 bridgehead atoms. The third kappa shape index (κ3) is 3.60. The first kappa shape index (κ1) is 14.3. The van der Waals surface area contributed by atoms with Gasteiger partial charge in [-0.3, -0.25) is 4.79 Å². The van der Waals surface area contributed by atoms with Crippen LogP contribution in [0.3, 0.4) is 0 Å². The van der Waals surface area contributed by atoms with Crippen molar-refractivity contribution in [3.05, 3.63) is 0 Å². The summed E-state index contributed by atoms with van der Waals surface area (Å²) in [6, 6.07) is -1.10. The van der Waals surface area contributed by atoms with Crippen molar-refractivity contribution in [2.45, 2.75) is 37.6 Å². The molecule has 0 radical (unpaired) electrons. The second kappa shape index (κ2) is 5.71. The second-order valence-electron chi connectivity index (χ2n) is 4.04. The highest BCUT2D eigenvalue weighted by Gasteiger charge is 2.46. The largest absolute Gasteiger partial charge is 0.388 e. The molecule has 0 aromatic heterocycles. The van der Waals surface area contributed by atoms with Gasteiger partial charge < -0.3 is 25.4 Å². The molecule has 1 heterocycles. The van der Waals surface area contributed by atoms with E-state index in [-0.39, 0.29) is 6.61 Å². The van der Waals surface area contributed by atoms with Crippen molar-refractivity contribution in [1.82, 2.24) is 5.32 Å². The zero-order valence-corrected chi connectivity index (χ0v) is 9.61. The summed E-state index contributed by atoms with van der Waals surface area (Å²) in [7, 11) is 1.26. The third-order valence-corrected chi connectivity index (χ3v) is 2.50. The van der Waals surface area contributed by atoms with E-state index in [1.807, 2.05) is 0 Å². The Balaban J connectivity index is 2.69. The Bertz CT molecular complexity index is 272. The molecule has 8 nitrogen and oxygen atoms in total. The van der Waals surface area contributed by atoms with Crippen molar-refractivity contribution in [2.75, 3.05) is 13.7 Å². The SMILES string of the molecule is CC(=O)N[C@@H]1[C@@H](O)[C@H](O)[C@@H](C[O+](C)O)O[C@H]1O. The van der Waals surface area contributed by atoms with Crippen LogP contribution in [0.1, 0.15) is 6.92 Å². The first-order valence-electron chi connectivity index (χ1n) is 5.11. The predicted molar refractivity (Wildman–Crippen MR) is 55.0 cm³/mol. The average molecular weight is 252 g/mol. The van der Waals surface area contributed by atoms with E-state index < -0.39 is 36.6 Å². The normalized spacial score (nSPS) is 38.2. The molecule has 0 aromatic rings. The number of aliphatic hydroxyl groups is 3. The number of hydrogen-bond donors (Lipinski definition) is 5. The van der Waals surface area contributed by atoms with Crippen LogP contribution < -0.4 is 5.32 Å². The molecule has 17 heavy (non-hydrogen) atoms. The van der Waals surface area contributed by atoms with Gasteiger partial charge in [0.2, 0.25) is 12.5 Å². The molecule has 0 spiro atoms. The topological polar surface area (TPSA) is 122 Å². The fourth-order valence-electron chi connectivity index (χ4n) is 1.71. The number of carbonyl (C=O) groups excluding carboxylic acids is 1. The smallest absolute Gasteiger partial charge is 0.217 e. The van der Waals surface area contributed by atoms with Crippen LogP contribution in [0.15, 0.2) is 0 Å². The molecule has 5 atom stereocenters.